The Labute approximate surface area is 156 Å². The van der Waals surface area contributed by atoms with Gasteiger partial charge in [0.15, 0.2) is 0 Å². The number of nitrogens with zero attached hydrogens (tertiary/aromatic N) is 5. The second-order valence-corrected chi connectivity index (χ2v) is 8.39. The summed E-state index contributed by atoms with van der Waals surface area (Å²) in [6.45, 7) is 3.43. The van der Waals surface area contributed by atoms with Gasteiger partial charge in [-0.15, -0.1) is 0 Å². The van der Waals surface area contributed by atoms with Gasteiger partial charge in [0.25, 0.3) is 5.91 Å². The van der Waals surface area contributed by atoms with Crippen LogP contribution in [0.15, 0.2) is 35.7 Å². The number of sulfonamides is 1. The molecule has 0 radical (unpaired) electrons. The Bertz CT molecular complexity index is 1020. The van der Waals surface area contributed by atoms with Crippen molar-refractivity contribution in [1.29, 1.82) is 0 Å². The Morgan fingerprint density at radius 1 is 1.30 bits per heavy atom. The van der Waals surface area contributed by atoms with E-state index in [0.717, 1.165) is 4.31 Å². The van der Waals surface area contributed by atoms with E-state index in [1.807, 2.05) is 0 Å². The van der Waals surface area contributed by atoms with Crippen LogP contribution >= 0.6 is 0 Å². The van der Waals surface area contributed by atoms with E-state index in [1.54, 1.807) is 26.0 Å². The topological polar surface area (TPSA) is 144 Å². The number of aromatic nitrogens is 3. The molecule has 3 heterocycles. The molecule has 0 fully saturated rings. The van der Waals surface area contributed by atoms with Gasteiger partial charge in [0, 0.05) is 19.4 Å². The third kappa shape index (κ3) is 3.72. The third-order valence-electron chi connectivity index (χ3n) is 4.20. The van der Waals surface area contributed by atoms with Crippen molar-refractivity contribution in [2.45, 2.75) is 19.4 Å². The summed E-state index contributed by atoms with van der Waals surface area (Å²) in [5.74, 6) is -0.582. The molecule has 0 aromatic carbocycles. The predicted molar refractivity (Wildman–Crippen MR) is 99.5 cm³/mol. The van der Waals surface area contributed by atoms with Crippen molar-refractivity contribution in [2.24, 2.45) is 10.7 Å². The van der Waals surface area contributed by atoms with E-state index in [9.17, 15) is 13.2 Å². The van der Waals surface area contributed by atoms with Gasteiger partial charge in [-0.05, 0) is 31.5 Å². The lowest BCUT2D eigenvalue weighted by molar-refractivity contribution is 0.102. The van der Waals surface area contributed by atoms with E-state index in [-0.39, 0.29) is 23.2 Å². The normalized spacial score (nSPS) is 21.4. The van der Waals surface area contributed by atoms with Crippen molar-refractivity contribution >= 4 is 27.7 Å². The highest BCUT2D eigenvalue weighted by Gasteiger charge is 2.40. The summed E-state index contributed by atoms with van der Waals surface area (Å²) in [6.07, 6.45) is 4.32. The van der Waals surface area contributed by atoms with Gasteiger partial charge in [-0.3, -0.25) is 9.78 Å². The maximum absolute atomic E-state index is 12.3. The molecule has 0 unspecified atom stereocenters. The summed E-state index contributed by atoms with van der Waals surface area (Å²) in [5.41, 5.74) is 6.07. The first-order chi connectivity index (χ1) is 12.6. The lowest BCUT2D eigenvalue weighted by Crippen LogP contribution is -2.50. The molecule has 3 rings (SSSR count). The van der Waals surface area contributed by atoms with Crippen LogP contribution in [0.1, 0.15) is 28.7 Å². The van der Waals surface area contributed by atoms with Gasteiger partial charge in [0.2, 0.25) is 16.0 Å². The SMILES string of the molecule is Cc1cnc(C(=O)Nc2cc([C@]3(C)CS(=O)(=O)N(C)C(N)=N3)ccn2)cn1. The Morgan fingerprint density at radius 2 is 2.04 bits per heavy atom. The molecule has 2 aromatic heterocycles. The number of pyridine rings is 1. The number of hydrogen-bond acceptors (Lipinski definition) is 8. The lowest BCUT2D eigenvalue weighted by atomic mass is 9.95. The van der Waals surface area contributed by atoms with Crippen LogP contribution in [0.3, 0.4) is 0 Å². The number of anilines is 1. The van der Waals surface area contributed by atoms with Gasteiger partial charge >= 0.3 is 0 Å². The minimum atomic E-state index is -3.60. The van der Waals surface area contributed by atoms with Crippen LogP contribution in [-0.4, -0.2) is 52.3 Å². The first-order valence-corrected chi connectivity index (χ1v) is 9.60. The minimum Gasteiger partial charge on any atom is -0.369 e. The molecule has 1 atom stereocenters. The molecule has 0 bridgehead atoms. The number of aliphatic imine (C=N–C) groups is 1. The number of carbonyl (C=O) groups excluding carboxylic acids is 1. The highest BCUT2D eigenvalue weighted by molar-refractivity contribution is 7.89. The smallest absolute Gasteiger partial charge is 0.277 e. The Balaban J connectivity index is 1.89. The highest BCUT2D eigenvalue weighted by atomic mass is 32.2. The quantitative estimate of drug-likeness (QED) is 0.765. The molecule has 2 aromatic rings. The maximum atomic E-state index is 12.3. The number of guanidine groups is 1. The predicted octanol–water partition coefficient (Wildman–Crippen LogP) is 0.237. The van der Waals surface area contributed by atoms with Crippen LogP contribution in [0.4, 0.5) is 5.82 Å². The van der Waals surface area contributed by atoms with Crippen molar-refractivity contribution in [3.05, 3.63) is 47.7 Å². The molecule has 1 aliphatic heterocycles. The highest BCUT2D eigenvalue weighted by Crippen LogP contribution is 2.32. The van der Waals surface area contributed by atoms with E-state index in [1.165, 1.54) is 25.6 Å². The number of hydrogen-bond donors (Lipinski definition) is 2. The van der Waals surface area contributed by atoms with Crippen LogP contribution < -0.4 is 11.1 Å². The summed E-state index contributed by atoms with van der Waals surface area (Å²) in [7, 11) is -2.24. The molecule has 0 spiro atoms. The van der Waals surface area contributed by atoms with Gasteiger partial charge in [-0.2, -0.15) is 0 Å². The molecule has 0 saturated heterocycles. The van der Waals surface area contributed by atoms with Gasteiger partial charge in [0.05, 0.1) is 17.6 Å². The van der Waals surface area contributed by atoms with Crippen molar-refractivity contribution in [1.82, 2.24) is 19.3 Å². The summed E-state index contributed by atoms with van der Waals surface area (Å²) < 4.78 is 25.6. The van der Waals surface area contributed by atoms with E-state index >= 15 is 0 Å². The van der Waals surface area contributed by atoms with Crippen molar-refractivity contribution in [3.8, 4) is 0 Å². The molecule has 3 N–H and O–H groups in total. The van der Waals surface area contributed by atoms with Gasteiger partial charge < -0.3 is 11.1 Å². The Kier molecular flexibility index (Phi) is 4.56. The zero-order chi connectivity index (χ0) is 19.8. The zero-order valence-electron chi connectivity index (χ0n) is 15.0. The Hall–Kier alpha value is -3.08. The molecular weight excluding hydrogens is 370 g/mol. The maximum Gasteiger partial charge on any atom is 0.277 e. The lowest BCUT2D eigenvalue weighted by Gasteiger charge is -2.34. The molecule has 1 amide bonds. The number of rotatable bonds is 3. The van der Waals surface area contributed by atoms with Crippen LogP contribution in [0.5, 0.6) is 0 Å². The van der Waals surface area contributed by atoms with Crippen LogP contribution in [0, 0.1) is 6.92 Å². The van der Waals surface area contributed by atoms with E-state index in [2.05, 4.69) is 25.3 Å². The van der Waals surface area contributed by atoms with Crippen LogP contribution in [0.2, 0.25) is 0 Å². The largest absolute Gasteiger partial charge is 0.369 e. The number of nitrogens with one attached hydrogen (secondary N) is 1. The molecule has 142 valence electrons. The van der Waals surface area contributed by atoms with Crippen molar-refractivity contribution in [3.63, 3.8) is 0 Å². The van der Waals surface area contributed by atoms with E-state index in [0.29, 0.717) is 11.3 Å². The number of aryl methyl sites for hydroxylation is 1. The van der Waals surface area contributed by atoms with E-state index in [4.69, 9.17) is 5.73 Å². The van der Waals surface area contributed by atoms with Gasteiger partial charge in [-0.1, -0.05) is 0 Å². The fraction of sp³-hybridized carbons (Fsp3) is 0.312. The number of nitrogens with two attached hydrogens (primary N) is 1. The molecular formula is C16H19N7O3S. The van der Waals surface area contributed by atoms with Gasteiger partial charge in [-0.25, -0.2) is 27.7 Å². The fourth-order valence-corrected chi connectivity index (χ4v) is 4.08. The van der Waals surface area contributed by atoms with Crippen molar-refractivity contribution < 1.29 is 13.2 Å². The average molecular weight is 389 g/mol. The molecule has 27 heavy (non-hydrogen) atoms. The summed E-state index contributed by atoms with van der Waals surface area (Å²) in [6, 6.07) is 3.20. The van der Waals surface area contributed by atoms with Crippen LogP contribution in [-0.2, 0) is 15.6 Å². The molecule has 0 aliphatic carbocycles. The molecule has 11 heteroatoms. The second-order valence-electron chi connectivity index (χ2n) is 6.39. The van der Waals surface area contributed by atoms with Gasteiger partial charge in [0.1, 0.15) is 17.1 Å². The van der Waals surface area contributed by atoms with E-state index < -0.39 is 21.5 Å². The van der Waals surface area contributed by atoms with Crippen molar-refractivity contribution in [2.75, 3.05) is 18.1 Å². The summed E-state index contributed by atoms with van der Waals surface area (Å²) >= 11 is 0. The summed E-state index contributed by atoms with van der Waals surface area (Å²) in [4.78, 5) is 28.8. The fourth-order valence-electron chi connectivity index (χ4n) is 2.62. The first kappa shape index (κ1) is 18.7. The zero-order valence-corrected chi connectivity index (χ0v) is 15.9. The average Bonchev–Trinajstić information content (AvgIpc) is 2.60. The summed E-state index contributed by atoms with van der Waals surface area (Å²) in [5, 5.41) is 2.62. The monoisotopic (exact) mass is 389 g/mol. The molecule has 1 aliphatic rings. The number of amides is 1. The number of carbonyl (C=O) groups is 1. The minimum absolute atomic E-state index is 0.0962. The third-order valence-corrected chi connectivity index (χ3v) is 6.15. The molecule has 10 nitrogen and oxygen atoms in total. The molecule has 0 saturated carbocycles. The standard InChI is InChI=1S/C16H19N7O3S/c1-10-7-20-12(8-19-10)14(24)21-13-6-11(4-5-18-13)16(2)9-27(25,26)23(3)15(17)22-16/h4-8H,9H2,1-3H3,(H2,17,22)(H,18,21,24)/t16-/m0/s1. The second kappa shape index (κ2) is 6.58. The van der Waals surface area contributed by atoms with Crippen LogP contribution in [0.25, 0.3) is 0 Å². The Morgan fingerprint density at radius 3 is 2.67 bits per heavy atom. The first-order valence-electron chi connectivity index (χ1n) is 7.99.